The highest BCUT2D eigenvalue weighted by Crippen LogP contribution is 2.25. The molecular weight excluding hydrogens is 450 g/mol. The van der Waals surface area contributed by atoms with Gasteiger partial charge in [0.25, 0.3) is 5.91 Å². The summed E-state index contributed by atoms with van der Waals surface area (Å²) in [6.45, 7) is 0.203. The third-order valence-electron chi connectivity index (χ3n) is 4.76. The summed E-state index contributed by atoms with van der Waals surface area (Å²) in [6.07, 6.45) is 1.83. The van der Waals surface area contributed by atoms with Gasteiger partial charge in [-0.25, -0.2) is 13.1 Å². The molecule has 0 atom stereocenters. The van der Waals surface area contributed by atoms with E-state index in [9.17, 15) is 13.2 Å². The Balaban J connectivity index is 1.46. The fourth-order valence-electron chi connectivity index (χ4n) is 3.17. The molecule has 2 aromatic carbocycles. The number of carbonyl (C=O) groups is 1. The van der Waals surface area contributed by atoms with Crippen LogP contribution in [0.4, 0.5) is 0 Å². The van der Waals surface area contributed by atoms with Crippen LogP contribution in [0.5, 0.6) is 0 Å². The van der Waals surface area contributed by atoms with Crippen LogP contribution in [-0.2, 0) is 9.84 Å². The number of aromatic nitrogens is 2. The van der Waals surface area contributed by atoms with Crippen LogP contribution in [0.25, 0.3) is 17.1 Å². The summed E-state index contributed by atoms with van der Waals surface area (Å²) in [6, 6.07) is 20.5. The van der Waals surface area contributed by atoms with Gasteiger partial charge in [0.05, 0.1) is 22.6 Å². The van der Waals surface area contributed by atoms with Crippen LogP contribution in [0.3, 0.4) is 0 Å². The van der Waals surface area contributed by atoms with E-state index in [0.717, 1.165) is 0 Å². The smallest absolute Gasteiger partial charge is 0.271 e. The molecule has 1 amide bonds. The van der Waals surface area contributed by atoms with E-state index < -0.39 is 15.7 Å². The van der Waals surface area contributed by atoms with Gasteiger partial charge in [0, 0.05) is 17.6 Å². The first-order valence-corrected chi connectivity index (χ1v) is 11.9. The summed E-state index contributed by atoms with van der Waals surface area (Å²) in [5.41, 5.74) is 1.51. The summed E-state index contributed by atoms with van der Waals surface area (Å²) in [7, 11) is -3.39. The molecule has 0 aliphatic rings. The number of benzene rings is 2. The second-order valence-electron chi connectivity index (χ2n) is 7.02. The second-order valence-corrected chi connectivity index (χ2v) is 9.57. The van der Waals surface area contributed by atoms with Crippen molar-refractivity contribution >= 4 is 27.3 Å². The highest BCUT2D eigenvalue weighted by atomic mass is 35.5. The fourth-order valence-corrected chi connectivity index (χ4v) is 4.63. The number of nitrogens with one attached hydrogen (secondary N) is 1. The third-order valence-corrected chi connectivity index (χ3v) is 6.83. The van der Waals surface area contributed by atoms with Crippen LogP contribution >= 0.6 is 11.6 Å². The monoisotopic (exact) mass is 469 g/mol. The summed E-state index contributed by atoms with van der Waals surface area (Å²) in [5.74, 6) is 0.0943. The Morgan fingerprint density at radius 1 is 1.03 bits per heavy atom. The van der Waals surface area contributed by atoms with Crippen LogP contribution < -0.4 is 5.32 Å². The van der Waals surface area contributed by atoms with Crippen LogP contribution in [-0.4, -0.2) is 36.4 Å². The van der Waals surface area contributed by atoms with Gasteiger partial charge in [-0.2, -0.15) is 5.10 Å². The minimum Gasteiger partial charge on any atom is -0.463 e. The number of furan rings is 1. The first-order chi connectivity index (χ1) is 15.4. The minimum absolute atomic E-state index is 0.0614. The molecule has 9 heteroatoms. The normalized spacial score (nSPS) is 11.4. The van der Waals surface area contributed by atoms with Gasteiger partial charge in [-0.3, -0.25) is 4.79 Å². The molecule has 0 fully saturated rings. The van der Waals surface area contributed by atoms with Crippen molar-refractivity contribution in [2.75, 3.05) is 12.3 Å². The number of sulfone groups is 1. The van der Waals surface area contributed by atoms with E-state index in [4.69, 9.17) is 16.0 Å². The number of amides is 1. The first kappa shape index (κ1) is 21.9. The van der Waals surface area contributed by atoms with Crippen molar-refractivity contribution in [1.29, 1.82) is 0 Å². The number of hydrogen-bond donors (Lipinski definition) is 1. The quantitative estimate of drug-likeness (QED) is 0.386. The van der Waals surface area contributed by atoms with E-state index in [1.807, 2.05) is 0 Å². The van der Waals surface area contributed by atoms with Crippen LogP contribution in [0, 0.1) is 0 Å². The summed E-state index contributed by atoms with van der Waals surface area (Å²) < 4.78 is 31.8. The van der Waals surface area contributed by atoms with E-state index in [2.05, 4.69) is 10.4 Å². The van der Waals surface area contributed by atoms with Crippen LogP contribution in [0.1, 0.15) is 16.9 Å². The molecule has 0 unspecified atom stereocenters. The molecular formula is C23H20ClN3O4S. The molecule has 0 saturated heterocycles. The predicted octanol–water partition coefficient (Wildman–Crippen LogP) is 4.38. The topological polar surface area (TPSA) is 94.2 Å². The lowest BCUT2D eigenvalue weighted by atomic mass is 10.2. The maximum absolute atomic E-state index is 12.7. The van der Waals surface area contributed by atoms with E-state index in [1.54, 1.807) is 83.7 Å². The molecule has 0 aliphatic heterocycles. The Kier molecular flexibility index (Phi) is 6.43. The average Bonchev–Trinajstić information content (AvgIpc) is 3.48. The molecule has 0 radical (unpaired) electrons. The SMILES string of the molecule is O=C(NCCCS(=O)(=O)c1ccccc1)c1cc(-c2ccco2)n(-c2ccc(Cl)cc2)n1. The molecule has 2 aromatic heterocycles. The van der Waals surface area contributed by atoms with Gasteiger partial charge in [0.2, 0.25) is 0 Å². The van der Waals surface area contributed by atoms with Gasteiger partial charge in [-0.05, 0) is 55.0 Å². The van der Waals surface area contributed by atoms with Crippen molar-refractivity contribution in [3.05, 3.63) is 89.8 Å². The van der Waals surface area contributed by atoms with E-state index in [0.29, 0.717) is 22.2 Å². The van der Waals surface area contributed by atoms with E-state index in [-0.39, 0.29) is 29.3 Å². The van der Waals surface area contributed by atoms with Crippen LogP contribution in [0.15, 0.2) is 88.4 Å². The van der Waals surface area contributed by atoms with Gasteiger partial charge >= 0.3 is 0 Å². The Morgan fingerprint density at radius 3 is 2.47 bits per heavy atom. The fraction of sp³-hybridized carbons (Fsp3) is 0.130. The number of hydrogen-bond acceptors (Lipinski definition) is 5. The van der Waals surface area contributed by atoms with E-state index >= 15 is 0 Å². The zero-order chi connectivity index (χ0) is 22.6. The Bertz CT molecular complexity index is 1300. The van der Waals surface area contributed by atoms with Crippen molar-refractivity contribution in [3.8, 4) is 17.1 Å². The molecule has 7 nitrogen and oxygen atoms in total. The Morgan fingerprint density at radius 2 is 1.78 bits per heavy atom. The van der Waals surface area contributed by atoms with Gasteiger partial charge in [0.1, 0.15) is 5.69 Å². The van der Waals surface area contributed by atoms with Crippen molar-refractivity contribution in [3.63, 3.8) is 0 Å². The maximum Gasteiger partial charge on any atom is 0.271 e. The lowest BCUT2D eigenvalue weighted by Crippen LogP contribution is -2.26. The standard InChI is InChI=1S/C23H20ClN3O4S/c24-17-9-11-18(12-10-17)27-21(22-8-4-14-31-22)16-20(26-27)23(28)25-13-5-15-32(29,30)19-6-2-1-3-7-19/h1-4,6-12,14,16H,5,13,15H2,(H,25,28). The summed E-state index contributed by atoms with van der Waals surface area (Å²) in [4.78, 5) is 12.9. The van der Waals surface area contributed by atoms with Gasteiger partial charge < -0.3 is 9.73 Å². The molecule has 0 saturated carbocycles. The number of halogens is 1. The van der Waals surface area contributed by atoms with Crippen molar-refractivity contribution in [1.82, 2.24) is 15.1 Å². The minimum atomic E-state index is -3.39. The van der Waals surface area contributed by atoms with Gasteiger partial charge in [0.15, 0.2) is 21.3 Å². The average molecular weight is 470 g/mol. The molecule has 0 spiro atoms. The second kappa shape index (κ2) is 9.42. The molecule has 0 bridgehead atoms. The van der Waals surface area contributed by atoms with Crippen molar-refractivity contribution in [2.45, 2.75) is 11.3 Å². The molecule has 0 aliphatic carbocycles. The number of rotatable bonds is 8. The highest BCUT2D eigenvalue weighted by molar-refractivity contribution is 7.91. The van der Waals surface area contributed by atoms with Crippen molar-refractivity contribution < 1.29 is 17.6 Å². The number of nitrogens with zero attached hydrogens (tertiary/aromatic N) is 2. The zero-order valence-electron chi connectivity index (χ0n) is 16.9. The molecule has 4 aromatic rings. The molecule has 164 valence electrons. The van der Waals surface area contributed by atoms with E-state index in [1.165, 1.54) is 0 Å². The summed E-state index contributed by atoms with van der Waals surface area (Å²) in [5, 5.41) is 7.75. The lowest BCUT2D eigenvalue weighted by molar-refractivity contribution is 0.0948. The zero-order valence-corrected chi connectivity index (χ0v) is 18.5. The molecule has 32 heavy (non-hydrogen) atoms. The predicted molar refractivity (Wildman–Crippen MR) is 122 cm³/mol. The largest absolute Gasteiger partial charge is 0.463 e. The number of carbonyl (C=O) groups excluding carboxylic acids is 1. The van der Waals surface area contributed by atoms with Gasteiger partial charge in [-0.1, -0.05) is 29.8 Å². The Hall–Kier alpha value is -3.36. The first-order valence-electron chi connectivity index (χ1n) is 9.90. The molecule has 2 heterocycles. The molecule has 4 rings (SSSR count). The van der Waals surface area contributed by atoms with Crippen molar-refractivity contribution in [2.24, 2.45) is 0 Å². The lowest BCUT2D eigenvalue weighted by Gasteiger charge is -2.06. The maximum atomic E-state index is 12.7. The third kappa shape index (κ3) is 4.92. The van der Waals surface area contributed by atoms with Gasteiger partial charge in [-0.15, -0.1) is 0 Å². The molecule has 1 N–H and O–H groups in total. The Labute approximate surface area is 190 Å². The summed E-state index contributed by atoms with van der Waals surface area (Å²) >= 11 is 5.98. The highest BCUT2D eigenvalue weighted by Gasteiger charge is 2.19. The van der Waals surface area contributed by atoms with Crippen LogP contribution in [0.2, 0.25) is 5.02 Å².